The average Bonchev–Trinajstić information content (AvgIpc) is 3.00. The first-order valence-corrected chi connectivity index (χ1v) is 7.81. The number of esters is 1. The Balaban J connectivity index is 1.54. The minimum absolute atomic E-state index is 0.0529. The van der Waals surface area contributed by atoms with Gasteiger partial charge < -0.3 is 14.4 Å². The lowest BCUT2D eigenvalue weighted by molar-refractivity contribution is -0.147. The van der Waals surface area contributed by atoms with Crippen LogP contribution < -0.4 is 4.74 Å². The van der Waals surface area contributed by atoms with Crippen molar-refractivity contribution in [1.82, 2.24) is 4.90 Å². The van der Waals surface area contributed by atoms with Gasteiger partial charge in [0, 0.05) is 19.5 Å². The van der Waals surface area contributed by atoms with Gasteiger partial charge in [-0.25, -0.2) is 0 Å². The Labute approximate surface area is 126 Å². The van der Waals surface area contributed by atoms with Gasteiger partial charge in [0.1, 0.15) is 5.75 Å². The van der Waals surface area contributed by atoms with Crippen molar-refractivity contribution in [3.63, 3.8) is 0 Å². The molecule has 1 aromatic rings. The van der Waals surface area contributed by atoms with E-state index >= 15 is 0 Å². The van der Waals surface area contributed by atoms with Gasteiger partial charge in [-0.1, -0.05) is 12.1 Å². The number of carbonyl (C=O) groups is 1. The zero-order valence-corrected chi connectivity index (χ0v) is 12.6. The first kappa shape index (κ1) is 14.4. The second-order valence-electron chi connectivity index (χ2n) is 5.95. The van der Waals surface area contributed by atoms with Gasteiger partial charge in [-0.15, -0.1) is 0 Å². The Morgan fingerprint density at radius 1 is 1.48 bits per heavy atom. The molecule has 0 aromatic heterocycles. The van der Waals surface area contributed by atoms with Gasteiger partial charge in [-0.05, 0) is 43.0 Å². The minimum Gasteiger partial charge on any atom is -0.493 e. The smallest absolute Gasteiger partial charge is 0.309 e. The van der Waals surface area contributed by atoms with Gasteiger partial charge in [0.05, 0.1) is 19.6 Å². The standard InChI is InChI=1S/C17H23NO3/c1-20-17(19)15-3-2-8-18(12-15)9-6-13-4-5-16-14(11-13)7-10-21-16/h4-5,11,15H,2-3,6-10,12H2,1H3/t15-/m0/s1. The molecule has 0 unspecified atom stereocenters. The van der Waals surface area contributed by atoms with Crippen LogP contribution in [0.2, 0.25) is 0 Å². The van der Waals surface area contributed by atoms with E-state index in [1.165, 1.54) is 18.2 Å². The molecule has 2 aliphatic heterocycles. The number of benzene rings is 1. The highest BCUT2D eigenvalue weighted by Gasteiger charge is 2.26. The van der Waals surface area contributed by atoms with E-state index in [-0.39, 0.29) is 11.9 Å². The van der Waals surface area contributed by atoms with E-state index in [4.69, 9.17) is 9.47 Å². The molecule has 21 heavy (non-hydrogen) atoms. The molecular formula is C17H23NO3. The molecule has 2 heterocycles. The Morgan fingerprint density at radius 2 is 2.38 bits per heavy atom. The van der Waals surface area contributed by atoms with Crippen LogP contribution in [0.5, 0.6) is 5.75 Å². The summed E-state index contributed by atoms with van der Waals surface area (Å²) in [5, 5.41) is 0. The number of likely N-dealkylation sites (tertiary alicyclic amines) is 1. The fourth-order valence-electron chi connectivity index (χ4n) is 3.30. The highest BCUT2D eigenvalue weighted by molar-refractivity contribution is 5.72. The molecule has 0 aliphatic carbocycles. The van der Waals surface area contributed by atoms with Crippen LogP contribution in [0.15, 0.2) is 18.2 Å². The highest BCUT2D eigenvalue weighted by atomic mass is 16.5. The first-order valence-electron chi connectivity index (χ1n) is 7.81. The van der Waals surface area contributed by atoms with Crippen molar-refractivity contribution in [2.45, 2.75) is 25.7 Å². The molecule has 114 valence electrons. The summed E-state index contributed by atoms with van der Waals surface area (Å²) >= 11 is 0. The molecule has 4 heteroatoms. The summed E-state index contributed by atoms with van der Waals surface area (Å²) in [7, 11) is 1.48. The average molecular weight is 289 g/mol. The maximum absolute atomic E-state index is 11.7. The van der Waals surface area contributed by atoms with E-state index in [0.29, 0.717) is 0 Å². The van der Waals surface area contributed by atoms with Crippen molar-refractivity contribution in [3.05, 3.63) is 29.3 Å². The Bertz CT molecular complexity index is 515. The van der Waals surface area contributed by atoms with Crippen LogP contribution in [-0.4, -0.2) is 44.2 Å². The molecule has 1 fully saturated rings. The molecular weight excluding hydrogens is 266 g/mol. The maximum atomic E-state index is 11.7. The van der Waals surface area contributed by atoms with E-state index < -0.39 is 0 Å². The molecule has 0 spiro atoms. The largest absolute Gasteiger partial charge is 0.493 e. The molecule has 0 saturated carbocycles. The van der Waals surface area contributed by atoms with Crippen LogP contribution in [0.1, 0.15) is 24.0 Å². The number of ether oxygens (including phenoxy) is 2. The SMILES string of the molecule is COC(=O)[C@H]1CCCN(CCc2ccc3c(c2)CCO3)C1. The Kier molecular flexibility index (Phi) is 4.44. The third kappa shape index (κ3) is 3.38. The van der Waals surface area contributed by atoms with E-state index in [9.17, 15) is 4.79 Å². The third-order valence-electron chi connectivity index (χ3n) is 4.51. The number of nitrogens with zero attached hydrogens (tertiary/aromatic N) is 1. The molecule has 3 rings (SSSR count). The van der Waals surface area contributed by atoms with Gasteiger partial charge in [-0.2, -0.15) is 0 Å². The quantitative estimate of drug-likeness (QED) is 0.795. The molecule has 2 aliphatic rings. The summed E-state index contributed by atoms with van der Waals surface area (Å²) < 4.78 is 10.4. The molecule has 1 atom stereocenters. The lowest BCUT2D eigenvalue weighted by Gasteiger charge is -2.31. The lowest BCUT2D eigenvalue weighted by Crippen LogP contribution is -2.40. The van der Waals surface area contributed by atoms with Gasteiger partial charge in [0.15, 0.2) is 0 Å². The predicted octanol–water partition coefficient (Wildman–Crippen LogP) is 2.05. The van der Waals surface area contributed by atoms with Crippen LogP contribution in [0.4, 0.5) is 0 Å². The minimum atomic E-state index is -0.0608. The highest BCUT2D eigenvalue weighted by Crippen LogP contribution is 2.26. The van der Waals surface area contributed by atoms with Crippen LogP contribution >= 0.6 is 0 Å². The predicted molar refractivity (Wildman–Crippen MR) is 80.5 cm³/mol. The summed E-state index contributed by atoms with van der Waals surface area (Å²) in [6.45, 7) is 3.74. The Morgan fingerprint density at radius 3 is 3.24 bits per heavy atom. The van der Waals surface area contributed by atoms with E-state index in [0.717, 1.165) is 57.7 Å². The normalized spacial score (nSPS) is 21.7. The van der Waals surface area contributed by atoms with Crippen molar-refractivity contribution in [2.75, 3.05) is 33.4 Å². The van der Waals surface area contributed by atoms with Gasteiger partial charge in [0.25, 0.3) is 0 Å². The fraction of sp³-hybridized carbons (Fsp3) is 0.588. The van der Waals surface area contributed by atoms with Crippen molar-refractivity contribution >= 4 is 5.97 Å². The number of hydrogen-bond acceptors (Lipinski definition) is 4. The van der Waals surface area contributed by atoms with Gasteiger partial charge in [0.2, 0.25) is 0 Å². The van der Waals surface area contributed by atoms with E-state index in [2.05, 4.69) is 23.1 Å². The zero-order chi connectivity index (χ0) is 14.7. The third-order valence-corrected chi connectivity index (χ3v) is 4.51. The summed E-state index contributed by atoms with van der Waals surface area (Å²) in [6.07, 6.45) is 4.09. The van der Waals surface area contributed by atoms with Gasteiger partial charge in [-0.3, -0.25) is 4.79 Å². The molecule has 0 amide bonds. The molecule has 0 radical (unpaired) electrons. The van der Waals surface area contributed by atoms with Crippen molar-refractivity contribution in [3.8, 4) is 5.75 Å². The second-order valence-corrected chi connectivity index (χ2v) is 5.95. The molecule has 0 bridgehead atoms. The summed E-state index contributed by atoms with van der Waals surface area (Å²) in [4.78, 5) is 14.0. The van der Waals surface area contributed by atoms with Crippen molar-refractivity contribution < 1.29 is 14.3 Å². The van der Waals surface area contributed by atoms with Gasteiger partial charge >= 0.3 is 5.97 Å². The van der Waals surface area contributed by atoms with Crippen LogP contribution in [-0.2, 0) is 22.4 Å². The van der Waals surface area contributed by atoms with Crippen molar-refractivity contribution in [2.24, 2.45) is 5.92 Å². The van der Waals surface area contributed by atoms with E-state index in [1.807, 2.05) is 0 Å². The van der Waals surface area contributed by atoms with Crippen molar-refractivity contribution in [1.29, 1.82) is 0 Å². The summed E-state index contributed by atoms with van der Waals surface area (Å²) in [6, 6.07) is 6.51. The fourth-order valence-corrected chi connectivity index (χ4v) is 3.30. The van der Waals surface area contributed by atoms with Crippen LogP contribution in [0.3, 0.4) is 0 Å². The molecule has 0 N–H and O–H groups in total. The second kappa shape index (κ2) is 6.48. The molecule has 1 saturated heterocycles. The topological polar surface area (TPSA) is 38.8 Å². The number of methoxy groups -OCH3 is 1. The number of rotatable bonds is 4. The number of piperidine rings is 1. The van der Waals surface area contributed by atoms with E-state index in [1.54, 1.807) is 0 Å². The first-order chi connectivity index (χ1) is 10.3. The molecule has 4 nitrogen and oxygen atoms in total. The zero-order valence-electron chi connectivity index (χ0n) is 12.6. The monoisotopic (exact) mass is 289 g/mol. The Hall–Kier alpha value is -1.55. The summed E-state index contributed by atoms with van der Waals surface area (Å²) in [5.41, 5.74) is 2.69. The summed E-state index contributed by atoms with van der Waals surface area (Å²) in [5.74, 6) is 1.04. The molecule has 1 aromatic carbocycles. The van der Waals surface area contributed by atoms with Crippen LogP contribution in [0, 0.1) is 5.92 Å². The number of fused-ring (bicyclic) bond motifs is 1. The van der Waals surface area contributed by atoms with Crippen LogP contribution in [0.25, 0.3) is 0 Å². The number of hydrogen-bond donors (Lipinski definition) is 0. The maximum Gasteiger partial charge on any atom is 0.309 e. The number of carbonyl (C=O) groups excluding carboxylic acids is 1. The lowest BCUT2D eigenvalue weighted by atomic mass is 9.97.